The van der Waals surface area contributed by atoms with E-state index in [1.165, 1.54) is 23.2 Å². The van der Waals surface area contributed by atoms with E-state index in [2.05, 4.69) is 56.0 Å². The van der Waals surface area contributed by atoms with E-state index < -0.39 is 0 Å². The van der Waals surface area contributed by atoms with Crippen molar-refractivity contribution in [3.8, 4) is 0 Å². The van der Waals surface area contributed by atoms with Gasteiger partial charge in [-0.25, -0.2) is 0 Å². The minimum absolute atomic E-state index is 0.672. The Balaban J connectivity index is 2.28. The summed E-state index contributed by atoms with van der Waals surface area (Å²) in [6.07, 6.45) is 6.84. The maximum atomic E-state index is 2.44. The lowest BCUT2D eigenvalue weighted by Crippen LogP contribution is -2.20. The zero-order valence-electron chi connectivity index (χ0n) is 11.2. The van der Waals surface area contributed by atoms with Crippen molar-refractivity contribution in [3.05, 3.63) is 41.5 Å². The van der Waals surface area contributed by atoms with Gasteiger partial charge in [-0.05, 0) is 36.0 Å². The summed E-state index contributed by atoms with van der Waals surface area (Å²) in [6.45, 7) is 8.95. The number of aryl methyl sites for hydroxylation is 1. The van der Waals surface area contributed by atoms with Crippen LogP contribution in [0.3, 0.4) is 0 Å². The molecule has 0 spiro atoms. The van der Waals surface area contributed by atoms with Crippen molar-refractivity contribution in [1.82, 2.24) is 0 Å². The Labute approximate surface area is 105 Å². The van der Waals surface area contributed by atoms with Gasteiger partial charge in [0, 0.05) is 18.8 Å². The first kappa shape index (κ1) is 12.2. The lowest BCUT2D eigenvalue weighted by Gasteiger charge is -2.22. The number of anilines is 1. The SMILES string of the molecule is CCc1cc(C(C)CC)ccc1N1CC=CC1. The third kappa shape index (κ3) is 2.54. The summed E-state index contributed by atoms with van der Waals surface area (Å²) >= 11 is 0. The number of hydrogen-bond acceptors (Lipinski definition) is 1. The molecule has 1 aromatic rings. The third-order valence-electron chi connectivity index (χ3n) is 3.82. The molecule has 1 aliphatic heterocycles. The van der Waals surface area contributed by atoms with E-state index >= 15 is 0 Å². The second kappa shape index (κ2) is 5.39. The maximum absolute atomic E-state index is 2.44. The van der Waals surface area contributed by atoms with E-state index in [4.69, 9.17) is 0 Å². The Bertz CT molecular complexity index is 398. The van der Waals surface area contributed by atoms with E-state index in [0.717, 1.165) is 19.5 Å². The first-order valence-electron chi connectivity index (χ1n) is 6.79. The summed E-state index contributed by atoms with van der Waals surface area (Å²) < 4.78 is 0. The minimum atomic E-state index is 0.672. The highest BCUT2D eigenvalue weighted by Crippen LogP contribution is 2.28. The molecule has 1 heteroatoms. The molecule has 0 radical (unpaired) electrons. The topological polar surface area (TPSA) is 3.24 Å². The van der Waals surface area contributed by atoms with Crippen LogP contribution in [0.5, 0.6) is 0 Å². The molecule has 0 saturated carbocycles. The van der Waals surface area contributed by atoms with Crippen molar-refractivity contribution in [2.24, 2.45) is 0 Å². The molecule has 0 aromatic heterocycles. The van der Waals surface area contributed by atoms with Crippen LogP contribution in [-0.4, -0.2) is 13.1 Å². The largest absolute Gasteiger partial charge is 0.364 e. The molecule has 2 rings (SSSR count). The molecule has 92 valence electrons. The smallest absolute Gasteiger partial charge is 0.0404 e. The summed E-state index contributed by atoms with van der Waals surface area (Å²) in [6, 6.07) is 7.02. The molecular formula is C16H23N. The molecule has 0 saturated heterocycles. The van der Waals surface area contributed by atoms with Crippen LogP contribution >= 0.6 is 0 Å². The monoisotopic (exact) mass is 229 g/mol. The van der Waals surface area contributed by atoms with Crippen LogP contribution in [-0.2, 0) is 6.42 Å². The Hall–Kier alpha value is -1.24. The first-order valence-corrected chi connectivity index (χ1v) is 6.79. The van der Waals surface area contributed by atoms with E-state index in [1.54, 1.807) is 0 Å². The second-order valence-electron chi connectivity index (χ2n) is 4.93. The van der Waals surface area contributed by atoms with Crippen LogP contribution in [0.2, 0.25) is 0 Å². The van der Waals surface area contributed by atoms with E-state index in [1.807, 2.05) is 0 Å². The van der Waals surface area contributed by atoms with Gasteiger partial charge in [-0.2, -0.15) is 0 Å². The fraction of sp³-hybridized carbons (Fsp3) is 0.500. The molecule has 1 heterocycles. The molecule has 1 aliphatic rings. The van der Waals surface area contributed by atoms with Gasteiger partial charge in [0.05, 0.1) is 0 Å². The average molecular weight is 229 g/mol. The van der Waals surface area contributed by atoms with Crippen LogP contribution in [0.15, 0.2) is 30.4 Å². The predicted octanol–water partition coefficient (Wildman–Crippen LogP) is 4.14. The summed E-state index contributed by atoms with van der Waals surface area (Å²) in [5.41, 5.74) is 4.40. The van der Waals surface area contributed by atoms with Crippen molar-refractivity contribution in [2.75, 3.05) is 18.0 Å². The highest BCUT2D eigenvalue weighted by Gasteiger charge is 2.13. The summed E-state index contributed by atoms with van der Waals surface area (Å²) in [4.78, 5) is 2.44. The summed E-state index contributed by atoms with van der Waals surface area (Å²) in [5.74, 6) is 0.672. The van der Waals surface area contributed by atoms with Gasteiger partial charge in [0.2, 0.25) is 0 Å². The van der Waals surface area contributed by atoms with Gasteiger partial charge < -0.3 is 4.90 Å². The van der Waals surface area contributed by atoms with E-state index in [0.29, 0.717) is 5.92 Å². The molecule has 1 nitrogen and oxygen atoms in total. The molecule has 1 atom stereocenters. The highest BCUT2D eigenvalue weighted by atomic mass is 15.1. The molecular weight excluding hydrogens is 206 g/mol. The van der Waals surface area contributed by atoms with Crippen molar-refractivity contribution in [1.29, 1.82) is 0 Å². The predicted molar refractivity (Wildman–Crippen MR) is 75.9 cm³/mol. The quantitative estimate of drug-likeness (QED) is 0.701. The fourth-order valence-electron chi connectivity index (χ4n) is 2.41. The number of benzene rings is 1. The number of rotatable bonds is 4. The number of hydrogen-bond donors (Lipinski definition) is 0. The Kier molecular flexibility index (Phi) is 3.88. The van der Waals surface area contributed by atoms with Gasteiger partial charge >= 0.3 is 0 Å². The maximum Gasteiger partial charge on any atom is 0.0404 e. The van der Waals surface area contributed by atoms with Gasteiger partial charge in [0.1, 0.15) is 0 Å². The van der Waals surface area contributed by atoms with Crippen molar-refractivity contribution in [2.45, 2.75) is 39.5 Å². The highest BCUT2D eigenvalue weighted by molar-refractivity contribution is 5.57. The molecule has 0 fully saturated rings. The zero-order chi connectivity index (χ0) is 12.3. The van der Waals surface area contributed by atoms with Gasteiger partial charge in [-0.3, -0.25) is 0 Å². The minimum Gasteiger partial charge on any atom is -0.364 e. The second-order valence-corrected chi connectivity index (χ2v) is 4.93. The summed E-state index contributed by atoms with van der Waals surface area (Å²) in [5, 5.41) is 0. The Morgan fingerprint density at radius 3 is 2.47 bits per heavy atom. The Morgan fingerprint density at radius 1 is 1.18 bits per heavy atom. The molecule has 0 bridgehead atoms. The molecule has 0 amide bonds. The van der Waals surface area contributed by atoms with Crippen molar-refractivity contribution in [3.63, 3.8) is 0 Å². The van der Waals surface area contributed by atoms with Crippen molar-refractivity contribution < 1.29 is 0 Å². The normalized spacial score (nSPS) is 16.5. The fourth-order valence-corrected chi connectivity index (χ4v) is 2.41. The van der Waals surface area contributed by atoms with Crippen molar-refractivity contribution >= 4 is 5.69 Å². The molecule has 0 N–H and O–H groups in total. The van der Waals surface area contributed by atoms with Crippen LogP contribution in [0.1, 0.15) is 44.2 Å². The first-order chi connectivity index (χ1) is 8.26. The van der Waals surface area contributed by atoms with Crippen LogP contribution in [0.25, 0.3) is 0 Å². The van der Waals surface area contributed by atoms with Gasteiger partial charge in [0.25, 0.3) is 0 Å². The van der Waals surface area contributed by atoms with Gasteiger partial charge in [0.15, 0.2) is 0 Å². The van der Waals surface area contributed by atoms with E-state index in [9.17, 15) is 0 Å². The lowest BCUT2D eigenvalue weighted by atomic mass is 9.95. The molecule has 1 aromatic carbocycles. The molecule has 17 heavy (non-hydrogen) atoms. The van der Waals surface area contributed by atoms with Crippen LogP contribution in [0.4, 0.5) is 5.69 Å². The number of nitrogens with zero attached hydrogens (tertiary/aromatic N) is 1. The standard InChI is InChI=1S/C16H23N/c1-4-13(3)15-8-9-16(14(5-2)12-15)17-10-6-7-11-17/h6-9,12-13H,4-5,10-11H2,1-3H3. The van der Waals surface area contributed by atoms with E-state index in [-0.39, 0.29) is 0 Å². The lowest BCUT2D eigenvalue weighted by molar-refractivity contribution is 0.731. The molecule has 1 unspecified atom stereocenters. The van der Waals surface area contributed by atoms with Crippen LogP contribution < -0.4 is 4.90 Å². The zero-order valence-corrected chi connectivity index (χ0v) is 11.2. The van der Waals surface area contributed by atoms with Crippen LogP contribution in [0, 0.1) is 0 Å². The van der Waals surface area contributed by atoms with Gasteiger partial charge in [-0.1, -0.05) is 45.1 Å². The average Bonchev–Trinajstić information content (AvgIpc) is 2.90. The Morgan fingerprint density at radius 2 is 1.88 bits per heavy atom. The third-order valence-corrected chi connectivity index (χ3v) is 3.82. The summed E-state index contributed by atoms with van der Waals surface area (Å²) in [7, 11) is 0. The molecule has 0 aliphatic carbocycles. The van der Waals surface area contributed by atoms with Gasteiger partial charge in [-0.15, -0.1) is 0 Å².